The van der Waals surface area contributed by atoms with Gasteiger partial charge in [-0.3, -0.25) is 0 Å². The van der Waals surface area contributed by atoms with Gasteiger partial charge in [-0.1, -0.05) is 18.6 Å². The van der Waals surface area contributed by atoms with Crippen LogP contribution in [-0.2, 0) is 6.18 Å². The highest BCUT2D eigenvalue weighted by molar-refractivity contribution is 9.10. The van der Waals surface area contributed by atoms with Crippen LogP contribution < -0.4 is 5.73 Å². The molecule has 1 aromatic carbocycles. The molecule has 0 saturated heterocycles. The average molecular weight is 363 g/mol. The molecule has 0 aliphatic rings. The molecule has 0 amide bonds. The molecule has 21 heavy (non-hydrogen) atoms. The van der Waals surface area contributed by atoms with E-state index in [1.807, 2.05) is 6.92 Å². The van der Waals surface area contributed by atoms with Gasteiger partial charge in [0, 0.05) is 4.47 Å². The van der Waals surface area contributed by atoms with Crippen LogP contribution in [0.5, 0.6) is 0 Å². The van der Waals surface area contributed by atoms with Crippen molar-refractivity contribution < 1.29 is 13.2 Å². The minimum Gasteiger partial charge on any atom is -0.323 e. The minimum absolute atomic E-state index is 0.270. The predicted octanol–water partition coefficient (Wildman–Crippen LogP) is 3.85. The molecule has 2 aromatic rings. The zero-order valence-electron chi connectivity index (χ0n) is 11.2. The van der Waals surface area contributed by atoms with Gasteiger partial charge < -0.3 is 5.73 Å². The molecule has 4 nitrogen and oxygen atoms in total. The summed E-state index contributed by atoms with van der Waals surface area (Å²) in [6.07, 6.45) is -1.22. The Morgan fingerprint density at radius 2 is 2.10 bits per heavy atom. The van der Waals surface area contributed by atoms with E-state index in [0.29, 0.717) is 10.2 Å². The highest BCUT2D eigenvalue weighted by Gasteiger charge is 2.31. The van der Waals surface area contributed by atoms with E-state index < -0.39 is 11.7 Å². The summed E-state index contributed by atoms with van der Waals surface area (Å²) < 4.78 is 40.1. The summed E-state index contributed by atoms with van der Waals surface area (Å²) >= 11 is 3.22. The van der Waals surface area contributed by atoms with E-state index in [4.69, 9.17) is 5.73 Å². The number of halogens is 4. The van der Waals surface area contributed by atoms with Crippen LogP contribution in [-0.4, -0.2) is 15.0 Å². The van der Waals surface area contributed by atoms with E-state index in [1.54, 1.807) is 6.20 Å². The molecule has 0 aliphatic heterocycles. The quantitative estimate of drug-likeness (QED) is 0.898. The van der Waals surface area contributed by atoms with E-state index in [0.717, 1.165) is 25.0 Å². The summed E-state index contributed by atoms with van der Waals surface area (Å²) in [4.78, 5) is 0. The lowest BCUT2D eigenvalue weighted by Crippen LogP contribution is -2.10. The number of hydrogen-bond donors (Lipinski definition) is 1. The van der Waals surface area contributed by atoms with Gasteiger partial charge in [-0.2, -0.15) is 13.2 Å². The van der Waals surface area contributed by atoms with Crippen molar-refractivity contribution in [3.05, 3.63) is 40.1 Å². The number of hydrogen-bond acceptors (Lipinski definition) is 3. The summed E-state index contributed by atoms with van der Waals surface area (Å²) in [5.41, 5.74) is 6.01. The van der Waals surface area contributed by atoms with Gasteiger partial charge in [-0.05, 0) is 40.5 Å². The van der Waals surface area contributed by atoms with Crippen LogP contribution in [0.1, 0.15) is 37.1 Å². The topological polar surface area (TPSA) is 56.7 Å². The minimum atomic E-state index is -4.41. The summed E-state index contributed by atoms with van der Waals surface area (Å²) in [5, 5.41) is 7.79. The Morgan fingerprint density at radius 1 is 1.38 bits per heavy atom. The first-order valence-corrected chi connectivity index (χ1v) is 7.17. The van der Waals surface area contributed by atoms with Crippen molar-refractivity contribution in [2.45, 2.75) is 32.0 Å². The first-order valence-electron chi connectivity index (χ1n) is 6.38. The first-order chi connectivity index (χ1) is 9.82. The van der Waals surface area contributed by atoms with Crippen molar-refractivity contribution in [2.75, 3.05) is 0 Å². The first kappa shape index (κ1) is 16.0. The second-order valence-corrected chi connectivity index (χ2v) is 5.50. The van der Waals surface area contributed by atoms with Crippen molar-refractivity contribution in [3.8, 4) is 5.69 Å². The average Bonchev–Trinajstić information content (AvgIpc) is 2.87. The van der Waals surface area contributed by atoms with Crippen molar-refractivity contribution in [1.82, 2.24) is 15.0 Å². The van der Waals surface area contributed by atoms with Gasteiger partial charge in [0.05, 0.1) is 29.2 Å². The molecule has 114 valence electrons. The molecule has 0 spiro atoms. The standard InChI is InChI=1S/C13H14BrF3N4/c1-2-3-10(18)11-7-21(20-19-11)12-6-8(13(15,16)17)4-5-9(12)14/h4-7,10H,2-3,18H2,1H3. The Hall–Kier alpha value is -1.41. The molecule has 0 fully saturated rings. The number of aromatic nitrogens is 3. The molecule has 1 heterocycles. The monoisotopic (exact) mass is 362 g/mol. The molecule has 0 aliphatic carbocycles. The Bertz CT molecular complexity index is 624. The SMILES string of the molecule is CCCC(N)c1cn(-c2cc(C(F)(F)F)ccc2Br)nn1. The van der Waals surface area contributed by atoms with Crippen LogP contribution in [0.3, 0.4) is 0 Å². The largest absolute Gasteiger partial charge is 0.416 e. The summed E-state index contributed by atoms with van der Waals surface area (Å²) in [5.74, 6) is 0. The number of nitrogens with zero attached hydrogens (tertiary/aromatic N) is 3. The molecule has 1 atom stereocenters. The molecular weight excluding hydrogens is 349 g/mol. The van der Waals surface area contributed by atoms with Gasteiger partial charge in [-0.25, -0.2) is 4.68 Å². The summed E-state index contributed by atoms with van der Waals surface area (Å²) in [7, 11) is 0. The predicted molar refractivity (Wildman–Crippen MR) is 75.9 cm³/mol. The molecule has 0 bridgehead atoms. The number of alkyl halides is 3. The van der Waals surface area contributed by atoms with Gasteiger partial charge in [0.25, 0.3) is 0 Å². The lowest BCUT2D eigenvalue weighted by molar-refractivity contribution is -0.137. The van der Waals surface area contributed by atoms with Gasteiger partial charge in [-0.15, -0.1) is 5.10 Å². The van der Waals surface area contributed by atoms with Gasteiger partial charge in [0.2, 0.25) is 0 Å². The number of benzene rings is 1. The van der Waals surface area contributed by atoms with Crippen LogP contribution in [0.4, 0.5) is 13.2 Å². The van der Waals surface area contributed by atoms with E-state index in [-0.39, 0.29) is 11.7 Å². The fourth-order valence-electron chi connectivity index (χ4n) is 1.89. The normalized spacial score (nSPS) is 13.4. The van der Waals surface area contributed by atoms with Gasteiger partial charge >= 0.3 is 6.18 Å². The highest BCUT2D eigenvalue weighted by Crippen LogP contribution is 2.33. The van der Waals surface area contributed by atoms with Crippen LogP contribution in [0, 0.1) is 0 Å². The highest BCUT2D eigenvalue weighted by atomic mass is 79.9. The second-order valence-electron chi connectivity index (χ2n) is 4.65. The lowest BCUT2D eigenvalue weighted by Gasteiger charge is -2.10. The van der Waals surface area contributed by atoms with Crippen LogP contribution >= 0.6 is 15.9 Å². The molecule has 2 N–H and O–H groups in total. The Balaban J connectivity index is 2.38. The lowest BCUT2D eigenvalue weighted by atomic mass is 10.1. The molecular formula is C13H14BrF3N4. The summed E-state index contributed by atoms with van der Waals surface area (Å²) in [6.45, 7) is 1.99. The molecule has 8 heteroatoms. The third kappa shape index (κ3) is 3.62. The smallest absolute Gasteiger partial charge is 0.323 e. The van der Waals surface area contributed by atoms with Gasteiger partial charge in [0.15, 0.2) is 0 Å². The molecule has 0 radical (unpaired) electrons. The van der Waals surface area contributed by atoms with E-state index in [2.05, 4.69) is 26.2 Å². The maximum Gasteiger partial charge on any atom is 0.416 e. The van der Waals surface area contributed by atoms with Crippen molar-refractivity contribution in [2.24, 2.45) is 5.73 Å². The van der Waals surface area contributed by atoms with Crippen molar-refractivity contribution in [3.63, 3.8) is 0 Å². The summed E-state index contributed by atoms with van der Waals surface area (Å²) in [6, 6.07) is 3.10. The molecule has 1 aromatic heterocycles. The zero-order chi connectivity index (χ0) is 15.6. The Labute approximate surface area is 128 Å². The fourth-order valence-corrected chi connectivity index (χ4v) is 2.32. The third-order valence-electron chi connectivity index (χ3n) is 3.01. The number of rotatable bonds is 4. The van der Waals surface area contributed by atoms with Gasteiger partial charge in [0.1, 0.15) is 0 Å². The van der Waals surface area contributed by atoms with E-state index in [1.165, 1.54) is 10.7 Å². The maximum absolute atomic E-state index is 12.8. The van der Waals surface area contributed by atoms with E-state index >= 15 is 0 Å². The van der Waals surface area contributed by atoms with E-state index in [9.17, 15) is 13.2 Å². The van der Waals surface area contributed by atoms with Crippen LogP contribution in [0.2, 0.25) is 0 Å². The third-order valence-corrected chi connectivity index (χ3v) is 3.68. The molecule has 1 unspecified atom stereocenters. The van der Waals surface area contributed by atoms with Crippen LogP contribution in [0.25, 0.3) is 5.69 Å². The van der Waals surface area contributed by atoms with Crippen LogP contribution in [0.15, 0.2) is 28.9 Å². The molecule has 2 rings (SSSR count). The van der Waals surface area contributed by atoms with Crippen molar-refractivity contribution in [1.29, 1.82) is 0 Å². The Morgan fingerprint density at radius 3 is 2.71 bits per heavy atom. The number of nitrogens with two attached hydrogens (primary N) is 1. The fraction of sp³-hybridized carbons (Fsp3) is 0.385. The Kier molecular flexibility index (Phi) is 4.67. The van der Waals surface area contributed by atoms with Crippen molar-refractivity contribution >= 4 is 15.9 Å². The maximum atomic E-state index is 12.8. The zero-order valence-corrected chi connectivity index (χ0v) is 12.8. The second kappa shape index (κ2) is 6.15. The molecule has 0 saturated carbocycles.